The Morgan fingerprint density at radius 3 is 2.35 bits per heavy atom. The van der Waals surface area contributed by atoms with Crippen molar-refractivity contribution < 1.29 is 0 Å². The summed E-state index contributed by atoms with van der Waals surface area (Å²) in [4.78, 5) is 4.74. The second-order valence-electron chi connectivity index (χ2n) is 6.31. The Labute approximate surface area is 126 Å². The Hall–Kier alpha value is -1.19. The monoisotopic (exact) mass is 288 g/mol. The molecule has 0 bridgehead atoms. The van der Waals surface area contributed by atoms with Gasteiger partial charge in [-0.1, -0.05) is 52.0 Å². The molecule has 0 saturated heterocycles. The van der Waals surface area contributed by atoms with Gasteiger partial charge in [-0.2, -0.15) is 0 Å². The highest BCUT2D eigenvalue weighted by Gasteiger charge is 2.17. The summed E-state index contributed by atoms with van der Waals surface area (Å²) in [5, 5.41) is 3.36. The quantitative estimate of drug-likeness (QED) is 0.903. The van der Waals surface area contributed by atoms with Gasteiger partial charge < -0.3 is 5.73 Å². The first-order chi connectivity index (χ1) is 9.40. The van der Waals surface area contributed by atoms with Crippen molar-refractivity contribution in [3.8, 4) is 0 Å². The second kappa shape index (κ2) is 6.06. The van der Waals surface area contributed by atoms with Gasteiger partial charge in [-0.3, -0.25) is 0 Å². The summed E-state index contributed by atoms with van der Waals surface area (Å²) in [6.07, 6.45) is 1.88. The Kier molecular flexibility index (Phi) is 4.61. The lowest BCUT2D eigenvalue weighted by Gasteiger charge is -2.14. The maximum Gasteiger partial charge on any atom is 0.0972 e. The summed E-state index contributed by atoms with van der Waals surface area (Å²) < 4.78 is 0. The fraction of sp³-hybridized carbons (Fsp3) is 0.471. The van der Waals surface area contributed by atoms with Gasteiger partial charge in [0, 0.05) is 23.3 Å². The Morgan fingerprint density at radius 1 is 1.20 bits per heavy atom. The summed E-state index contributed by atoms with van der Waals surface area (Å²) in [7, 11) is 0. The van der Waals surface area contributed by atoms with E-state index in [9.17, 15) is 0 Å². The van der Waals surface area contributed by atoms with Crippen LogP contribution >= 0.6 is 11.3 Å². The van der Waals surface area contributed by atoms with Gasteiger partial charge in [-0.25, -0.2) is 4.98 Å². The maximum atomic E-state index is 6.04. The summed E-state index contributed by atoms with van der Waals surface area (Å²) in [5.74, 6) is 0. The normalized spacial score (nSPS) is 13.4. The summed E-state index contributed by atoms with van der Waals surface area (Å²) in [6, 6.07) is 8.77. The molecule has 0 aliphatic heterocycles. The van der Waals surface area contributed by atoms with E-state index in [0.29, 0.717) is 0 Å². The van der Waals surface area contributed by atoms with E-state index >= 15 is 0 Å². The predicted molar refractivity (Wildman–Crippen MR) is 87.3 cm³/mol. The third kappa shape index (κ3) is 3.68. The van der Waals surface area contributed by atoms with Crippen LogP contribution in [-0.4, -0.2) is 4.98 Å². The molecule has 0 fully saturated rings. The van der Waals surface area contributed by atoms with Crippen LogP contribution in [0.25, 0.3) is 0 Å². The van der Waals surface area contributed by atoms with Crippen LogP contribution in [0.1, 0.15) is 62.0 Å². The standard InChI is InChI=1S/C17H24N2S/c1-5-14(18)13-8-6-12(7-9-13)10-16-19-15(11-20-16)17(2,3)4/h6-9,11,14H,5,10,18H2,1-4H3. The first-order valence-corrected chi connectivity index (χ1v) is 8.07. The summed E-state index contributed by atoms with van der Waals surface area (Å²) >= 11 is 1.75. The zero-order valence-electron chi connectivity index (χ0n) is 12.8. The third-order valence-electron chi connectivity index (χ3n) is 3.52. The Bertz CT molecular complexity index is 549. The molecule has 1 atom stereocenters. The van der Waals surface area contributed by atoms with Crippen molar-refractivity contribution in [1.82, 2.24) is 4.98 Å². The van der Waals surface area contributed by atoms with Crippen molar-refractivity contribution in [2.75, 3.05) is 0 Å². The molecule has 1 aromatic heterocycles. The van der Waals surface area contributed by atoms with E-state index in [1.807, 2.05) is 0 Å². The van der Waals surface area contributed by atoms with Crippen LogP contribution in [0.5, 0.6) is 0 Å². The average molecular weight is 288 g/mol. The molecule has 2 aromatic rings. The van der Waals surface area contributed by atoms with Crippen LogP contribution in [-0.2, 0) is 11.8 Å². The molecule has 0 amide bonds. The molecule has 1 aromatic carbocycles. The van der Waals surface area contributed by atoms with Crippen molar-refractivity contribution in [2.24, 2.45) is 5.73 Å². The minimum absolute atomic E-state index is 0.131. The number of nitrogens with two attached hydrogens (primary N) is 1. The van der Waals surface area contributed by atoms with Crippen LogP contribution in [0.15, 0.2) is 29.6 Å². The average Bonchev–Trinajstić information content (AvgIpc) is 2.87. The molecule has 108 valence electrons. The number of thiazole rings is 1. The lowest BCUT2D eigenvalue weighted by Crippen LogP contribution is -2.11. The van der Waals surface area contributed by atoms with E-state index in [1.165, 1.54) is 21.8 Å². The Morgan fingerprint density at radius 2 is 1.85 bits per heavy atom. The molecular formula is C17H24N2S. The first-order valence-electron chi connectivity index (χ1n) is 7.19. The van der Waals surface area contributed by atoms with E-state index in [-0.39, 0.29) is 11.5 Å². The van der Waals surface area contributed by atoms with Gasteiger partial charge in [-0.05, 0) is 17.5 Å². The summed E-state index contributed by atoms with van der Waals surface area (Å²) in [5.41, 5.74) is 9.86. The van der Waals surface area contributed by atoms with Crippen molar-refractivity contribution in [2.45, 2.75) is 52.0 Å². The number of hydrogen-bond acceptors (Lipinski definition) is 3. The van der Waals surface area contributed by atoms with E-state index in [4.69, 9.17) is 10.7 Å². The molecule has 0 radical (unpaired) electrons. The van der Waals surface area contributed by atoms with Crippen LogP contribution in [0.4, 0.5) is 0 Å². The molecule has 1 unspecified atom stereocenters. The van der Waals surface area contributed by atoms with Crippen molar-refractivity contribution in [3.05, 3.63) is 51.5 Å². The SMILES string of the molecule is CCC(N)c1ccc(Cc2nc(C(C)(C)C)cs2)cc1. The predicted octanol–water partition coefficient (Wildman–Crippen LogP) is 4.44. The molecule has 20 heavy (non-hydrogen) atoms. The second-order valence-corrected chi connectivity index (χ2v) is 7.25. The van der Waals surface area contributed by atoms with Gasteiger partial charge in [0.15, 0.2) is 0 Å². The van der Waals surface area contributed by atoms with E-state index in [2.05, 4.69) is 57.3 Å². The lowest BCUT2D eigenvalue weighted by molar-refractivity contribution is 0.571. The lowest BCUT2D eigenvalue weighted by atomic mass is 9.93. The van der Waals surface area contributed by atoms with Crippen LogP contribution in [0.2, 0.25) is 0 Å². The topological polar surface area (TPSA) is 38.9 Å². The number of aromatic nitrogens is 1. The minimum Gasteiger partial charge on any atom is -0.324 e. The highest BCUT2D eigenvalue weighted by atomic mass is 32.1. The fourth-order valence-corrected chi connectivity index (χ4v) is 3.08. The number of benzene rings is 1. The number of nitrogens with zero attached hydrogens (tertiary/aromatic N) is 1. The summed E-state index contributed by atoms with van der Waals surface area (Å²) in [6.45, 7) is 8.72. The van der Waals surface area contributed by atoms with Crippen molar-refractivity contribution in [1.29, 1.82) is 0 Å². The molecule has 0 saturated carbocycles. The van der Waals surface area contributed by atoms with Crippen molar-refractivity contribution in [3.63, 3.8) is 0 Å². The Balaban J connectivity index is 2.08. The molecule has 1 heterocycles. The van der Waals surface area contributed by atoms with Gasteiger partial charge in [0.25, 0.3) is 0 Å². The minimum atomic E-state index is 0.131. The van der Waals surface area contributed by atoms with Crippen LogP contribution < -0.4 is 5.73 Å². The molecule has 2 rings (SSSR count). The van der Waals surface area contributed by atoms with E-state index in [0.717, 1.165) is 12.8 Å². The molecule has 0 aliphatic carbocycles. The molecular weight excluding hydrogens is 264 g/mol. The van der Waals surface area contributed by atoms with Crippen LogP contribution in [0, 0.1) is 0 Å². The number of hydrogen-bond donors (Lipinski definition) is 1. The van der Waals surface area contributed by atoms with Gasteiger partial charge in [0.1, 0.15) is 0 Å². The molecule has 2 N–H and O–H groups in total. The first kappa shape index (κ1) is 15.2. The van der Waals surface area contributed by atoms with Gasteiger partial charge >= 0.3 is 0 Å². The zero-order valence-corrected chi connectivity index (χ0v) is 13.6. The third-order valence-corrected chi connectivity index (χ3v) is 4.37. The molecule has 0 spiro atoms. The van der Waals surface area contributed by atoms with Crippen molar-refractivity contribution >= 4 is 11.3 Å². The zero-order chi connectivity index (χ0) is 14.8. The highest BCUT2D eigenvalue weighted by Crippen LogP contribution is 2.25. The number of rotatable bonds is 4. The van der Waals surface area contributed by atoms with Gasteiger partial charge in [-0.15, -0.1) is 11.3 Å². The van der Waals surface area contributed by atoms with Gasteiger partial charge in [0.2, 0.25) is 0 Å². The van der Waals surface area contributed by atoms with E-state index < -0.39 is 0 Å². The molecule has 3 heteroatoms. The van der Waals surface area contributed by atoms with Crippen LogP contribution in [0.3, 0.4) is 0 Å². The fourth-order valence-electron chi connectivity index (χ4n) is 2.03. The van der Waals surface area contributed by atoms with E-state index in [1.54, 1.807) is 11.3 Å². The highest BCUT2D eigenvalue weighted by molar-refractivity contribution is 7.09. The molecule has 0 aliphatic rings. The maximum absolute atomic E-state index is 6.04. The van der Waals surface area contributed by atoms with Gasteiger partial charge in [0.05, 0.1) is 10.7 Å². The largest absolute Gasteiger partial charge is 0.324 e. The molecule has 2 nitrogen and oxygen atoms in total. The smallest absolute Gasteiger partial charge is 0.0972 e.